The number of nitrogens with zero attached hydrogens (tertiary/aromatic N) is 4. The molecule has 0 atom stereocenters. The predicted molar refractivity (Wildman–Crippen MR) is 109 cm³/mol. The van der Waals surface area contributed by atoms with Crippen molar-refractivity contribution in [1.82, 2.24) is 19.7 Å². The molecule has 0 aliphatic heterocycles. The molecule has 29 heavy (non-hydrogen) atoms. The largest absolute Gasteiger partial charge is 0.466 e. The van der Waals surface area contributed by atoms with Crippen molar-refractivity contribution < 1.29 is 14.3 Å². The third-order valence-corrected chi connectivity index (χ3v) is 4.39. The Morgan fingerprint density at radius 3 is 2.79 bits per heavy atom. The Balaban J connectivity index is 1.79. The molecular weight excluding hydrogens is 392 g/mol. The zero-order chi connectivity index (χ0) is 20.6. The van der Waals surface area contributed by atoms with Crippen molar-refractivity contribution in [2.75, 3.05) is 13.2 Å². The van der Waals surface area contributed by atoms with Gasteiger partial charge in [0.2, 0.25) is 0 Å². The number of carbonyl (C=O) groups is 2. The van der Waals surface area contributed by atoms with Gasteiger partial charge in [0.25, 0.3) is 5.91 Å². The van der Waals surface area contributed by atoms with Gasteiger partial charge in [-0.15, -0.1) is 0 Å². The Kier molecular flexibility index (Phi) is 6.97. The number of carbonyl (C=O) groups excluding carboxylic acids is 2. The fourth-order valence-corrected chi connectivity index (χ4v) is 2.97. The maximum Gasteiger partial charge on any atom is 0.307 e. The highest BCUT2D eigenvalue weighted by Crippen LogP contribution is 2.16. The number of benzene rings is 1. The third-order valence-electron chi connectivity index (χ3n) is 4.16. The molecule has 150 valence electrons. The van der Waals surface area contributed by atoms with Crippen LogP contribution in [0.25, 0.3) is 5.69 Å². The first kappa shape index (κ1) is 20.5. The van der Waals surface area contributed by atoms with Gasteiger partial charge in [0.15, 0.2) is 5.69 Å². The smallest absolute Gasteiger partial charge is 0.307 e. The normalized spacial score (nSPS) is 10.6. The van der Waals surface area contributed by atoms with Crippen LogP contribution in [0.3, 0.4) is 0 Å². The van der Waals surface area contributed by atoms with Gasteiger partial charge in [0.05, 0.1) is 18.7 Å². The van der Waals surface area contributed by atoms with Gasteiger partial charge in [0, 0.05) is 36.7 Å². The Morgan fingerprint density at radius 1 is 1.21 bits per heavy atom. The highest BCUT2D eigenvalue weighted by molar-refractivity contribution is 6.30. The topological polar surface area (TPSA) is 77.3 Å². The highest BCUT2D eigenvalue weighted by Gasteiger charge is 2.20. The van der Waals surface area contributed by atoms with Crippen LogP contribution in [0.2, 0.25) is 5.02 Å². The van der Waals surface area contributed by atoms with Gasteiger partial charge >= 0.3 is 5.97 Å². The lowest BCUT2D eigenvalue weighted by Gasteiger charge is -2.21. The molecule has 0 aliphatic rings. The minimum atomic E-state index is -0.346. The molecule has 0 aliphatic carbocycles. The van der Waals surface area contributed by atoms with E-state index in [1.807, 2.05) is 18.2 Å². The molecule has 2 heterocycles. The molecule has 8 heteroatoms. The molecule has 3 rings (SSSR count). The fourth-order valence-electron chi connectivity index (χ4n) is 2.79. The lowest BCUT2D eigenvalue weighted by atomic mass is 10.2. The lowest BCUT2D eigenvalue weighted by molar-refractivity contribution is -0.143. The number of rotatable bonds is 8. The standard InChI is InChI=1S/C21H21ClN4O3/c1-2-29-20(27)9-11-25(15-16-5-4-10-23-14-16)21(28)19-8-12-26(24-19)18-7-3-6-17(22)13-18/h3-8,10,12-14H,2,9,11,15H2,1H3. The summed E-state index contributed by atoms with van der Waals surface area (Å²) in [6.07, 6.45) is 5.16. The van der Waals surface area contributed by atoms with Gasteiger partial charge < -0.3 is 9.64 Å². The molecule has 0 spiro atoms. The zero-order valence-corrected chi connectivity index (χ0v) is 16.7. The quantitative estimate of drug-likeness (QED) is 0.529. The van der Waals surface area contributed by atoms with E-state index in [0.717, 1.165) is 11.3 Å². The first-order valence-electron chi connectivity index (χ1n) is 9.22. The van der Waals surface area contributed by atoms with Crippen LogP contribution in [0.5, 0.6) is 0 Å². The maximum atomic E-state index is 13.1. The van der Waals surface area contributed by atoms with Gasteiger partial charge in [-0.1, -0.05) is 23.7 Å². The number of ether oxygens (including phenoxy) is 1. The Labute approximate surface area is 173 Å². The molecule has 0 radical (unpaired) electrons. The Morgan fingerprint density at radius 2 is 2.07 bits per heavy atom. The summed E-state index contributed by atoms with van der Waals surface area (Å²) < 4.78 is 6.57. The van der Waals surface area contributed by atoms with E-state index in [1.54, 1.807) is 59.4 Å². The summed E-state index contributed by atoms with van der Waals surface area (Å²) in [4.78, 5) is 30.5. The molecule has 2 aromatic heterocycles. The van der Waals surface area contributed by atoms with E-state index in [2.05, 4.69) is 10.1 Å². The van der Waals surface area contributed by atoms with Gasteiger partial charge in [0.1, 0.15) is 0 Å². The van der Waals surface area contributed by atoms with Crippen molar-refractivity contribution >= 4 is 23.5 Å². The van der Waals surface area contributed by atoms with E-state index >= 15 is 0 Å². The second-order valence-electron chi connectivity index (χ2n) is 6.27. The summed E-state index contributed by atoms with van der Waals surface area (Å²) in [5.41, 5.74) is 1.89. The van der Waals surface area contributed by atoms with Crippen LogP contribution in [0.4, 0.5) is 0 Å². The van der Waals surface area contributed by atoms with Crippen LogP contribution < -0.4 is 0 Å². The minimum absolute atomic E-state index is 0.106. The summed E-state index contributed by atoms with van der Waals surface area (Å²) in [7, 11) is 0. The van der Waals surface area contributed by atoms with E-state index in [4.69, 9.17) is 16.3 Å². The molecule has 0 saturated carbocycles. The number of hydrogen-bond donors (Lipinski definition) is 0. The number of halogens is 1. The number of pyridine rings is 1. The second kappa shape index (κ2) is 9.84. The number of esters is 1. The molecule has 1 amide bonds. The van der Waals surface area contributed by atoms with E-state index in [1.165, 1.54) is 0 Å². The highest BCUT2D eigenvalue weighted by atomic mass is 35.5. The molecule has 0 saturated heterocycles. The SMILES string of the molecule is CCOC(=O)CCN(Cc1cccnc1)C(=O)c1ccn(-c2cccc(Cl)c2)n1. The van der Waals surface area contributed by atoms with Gasteiger partial charge in [-0.25, -0.2) is 4.68 Å². The molecule has 3 aromatic rings. The number of amides is 1. The summed E-state index contributed by atoms with van der Waals surface area (Å²) in [6.45, 7) is 2.59. The van der Waals surface area contributed by atoms with Gasteiger partial charge in [-0.05, 0) is 42.8 Å². The average molecular weight is 413 g/mol. The van der Waals surface area contributed by atoms with Crippen LogP contribution >= 0.6 is 11.6 Å². The van der Waals surface area contributed by atoms with Crippen molar-refractivity contribution in [3.05, 3.63) is 77.3 Å². The van der Waals surface area contributed by atoms with Crippen LogP contribution in [0, 0.1) is 0 Å². The first-order valence-corrected chi connectivity index (χ1v) is 9.60. The van der Waals surface area contributed by atoms with Crippen molar-refractivity contribution in [2.45, 2.75) is 19.9 Å². The maximum absolute atomic E-state index is 13.1. The van der Waals surface area contributed by atoms with E-state index < -0.39 is 0 Å². The molecule has 0 fully saturated rings. The predicted octanol–water partition coefficient (Wildman–Crippen LogP) is 3.52. The second-order valence-corrected chi connectivity index (χ2v) is 6.70. The van der Waals surface area contributed by atoms with E-state index in [-0.39, 0.29) is 30.5 Å². The summed E-state index contributed by atoms with van der Waals surface area (Å²) >= 11 is 6.04. The zero-order valence-electron chi connectivity index (χ0n) is 16.0. The van der Waals surface area contributed by atoms with Crippen molar-refractivity contribution in [2.24, 2.45) is 0 Å². The Bertz CT molecular complexity index is 975. The van der Waals surface area contributed by atoms with Gasteiger partial charge in [-0.3, -0.25) is 14.6 Å². The summed E-state index contributed by atoms with van der Waals surface area (Å²) in [6, 6.07) is 12.5. The molecule has 0 N–H and O–H groups in total. The van der Waals surface area contributed by atoms with E-state index in [9.17, 15) is 9.59 Å². The van der Waals surface area contributed by atoms with Crippen molar-refractivity contribution in [3.8, 4) is 5.69 Å². The Hall–Kier alpha value is -3.19. The van der Waals surface area contributed by atoms with Crippen LogP contribution in [-0.4, -0.2) is 44.7 Å². The summed E-state index contributed by atoms with van der Waals surface area (Å²) in [5.74, 6) is -0.625. The van der Waals surface area contributed by atoms with Crippen LogP contribution in [0.15, 0.2) is 61.1 Å². The van der Waals surface area contributed by atoms with Crippen LogP contribution in [0.1, 0.15) is 29.4 Å². The molecule has 1 aromatic carbocycles. The lowest BCUT2D eigenvalue weighted by Crippen LogP contribution is -2.33. The van der Waals surface area contributed by atoms with Crippen molar-refractivity contribution in [3.63, 3.8) is 0 Å². The molecule has 0 bridgehead atoms. The third kappa shape index (κ3) is 5.65. The molecule has 0 unspecified atom stereocenters. The molecule has 7 nitrogen and oxygen atoms in total. The molecular formula is C21H21ClN4O3. The van der Waals surface area contributed by atoms with Crippen molar-refractivity contribution in [1.29, 1.82) is 0 Å². The van der Waals surface area contributed by atoms with Gasteiger partial charge in [-0.2, -0.15) is 5.10 Å². The average Bonchev–Trinajstić information content (AvgIpc) is 3.22. The summed E-state index contributed by atoms with van der Waals surface area (Å²) in [5, 5.41) is 4.96. The number of aromatic nitrogens is 3. The number of hydrogen-bond acceptors (Lipinski definition) is 5. The first-order chi connectivity index (χ1) is 14.1. The van der Waals surface area contributed by atoms with E-state index in [0.29, 0.717) is 18.2 Å². The minimum Gasteiger partial charge on any atom is -0.466 e. The fraction of sp³-hybridized carbons (Fsp3) is 0.238. The van der Waals surface area contributed by atoms with Crippen LogP contribution in [-0.2, 0) is 16.1 Å². The monoisotopic (exact) mass is 412 g/mol.